The number of amides is 2. The van der Waals surface area contributed by atoms with Crippen LogP contribution >= 0.6 is 11.6 Å². The van der Waals surface area contributed by atoms with E-state index in [4.69, 9.17) is 16.3 Å². The predicted molar refractivity (Wildman–Crippen MR) is 113 cm³/mol. The first kappa shape index (κ1) is 19.7. The number of anilines is 1. The number of aromatic nitrogens is 3. The summed E-state index contributed by atoms with van der Waals surface area (Å²) in [6.07, 6.45) is 3.45. The van der Waals surface area contributed by atoms with Crippen molar-refractivity contribution in [1.29, 1.82) is 0 Å². The highest BCUT2D eigenvalue weighted by Crippen LogP contribution is 2.29. The Hall–Kier alpha value is -2.64. The monoisotopic (exact) mass is 413 g/mol. The molecule has 0 unspecified atom stereocenters. The first-order valence-corrected chi connectivity index (χ1v) is 10.1. The Kier molecular flexibility index (Phi) is 5.69. The van der Waals surface area contributed by atoms with Gasteiger partial charge in [0.1, 0.15) is 17.9 Å². The molecule has 7 nitrogen and oxygen atoms in total. The topological polar surface area (TPSA) is 72.3 Å². The average Bonchev–Trinajstić information content (AvgIpc) is 3.09. The number of ether oxygens (including phenoxy) is 1. The molecular weight excluding hydrogens is 390 g/mol. The van der Waals surface area contributed by atoms with Gasteiger partial charge >= 0.3 is 6.03 Å². The molecule has 2 amide bonds. The highest BCUT2D eigenvalue weighted by atomic mass is 35.5. The summed E-state index contributed by atoms with van der Waals surface area (Å²) in [5, 5.41) is 3.59. The number of pyridine rings is 1. The fraction of sp³-hybridized carbons (Fsp3) is 0.381. The van der Waals surface area contributed by atoms with Gasteiger partial charge in [-0.1, -0.05) is 17.7 Å². The second-order valence-corrected chi connectivity index (χ2v) is 7.72. The van der Waals surface area contributed by atoms with Gasteiger partial charge in [-0.15, -0.1) is 0 Å². The Balaban J connectivity index is 1.47. The summed E-state index contributed by atoms with van der Waals surface area (Å²) in [5.41, 5.74) is 3.47. The van der Waals surface area contributed by atoms with E-state index in [9.17, 15) is 4.79 Å². The van der Waals surface area contributed by atoms with Crippen LogP contribution < -0.4 is 5.32 Å². The summed E-state index contributed by atoms with van der Waals surface area (Å²) in [7, 11) is 1.67. The van der Waals surface area contributed by atoms with Crippen molar-refractivity contribution in [3.8, 4) is 0 Å². The lowest BCUT2D eigenvalue weighted by Crippen LogP contribution is -2.41. The molecule has 0 saturated carbocycles. The van der Waals surface area contributed by atoms with Gasteiger partial charge in [-0.05, 0) is 49.6 Å². The van der Waals surface area contributed by atoms with Crippen molar-refractivity contribution in [3.63, 3.8) is 0 Å². The van der Waals surface area contributed by atoms with Gasteiger partial charge in [0.25, 0.3) is 0 Å². The third-order valence-electron chi connectivity index (χ3n) is 5.35. The van der Waals surface area contributed by atoms with E-state index in [2.05, 4.69) is 19.9 Å². The molecule has 0 spiro atoms. The van der Waals surface area contributed by atoms with Crippen LogP contribution in [0.25, 0.3) is 11.2 Å². The van der Waals surface area contributed by atoms with E-state index in [0.29, 0.717) is 24.7 Å². The first-order chi connectivity index (χ1) is 14.1. The highest BCUT2D eigenvalue weighted by Gasteiger charge is 2.27. The number of likely N-dealkylation sites (tertiary alicyclic amines) is 1. The van der Waals surface area contributed by atoms with Gasteiger partial charge in [0.2, 0.25) is 0 Å². The molecular formula is C21H24ClN5O2. The lowest BCUT2D eigenvalue weighted by atomic mass is 10.0. The molecule has 152 valence electrons. The normalized spacial score (nSPS) is 15.1. The minimum absolute atomic E-state index is 0.0976. The molecule has 1 aromatic carbocycles. The number of hydrogen-bond acceptors (Lipinski definition) is 4. The zero-order valence-corrected chi connectivity index (χ0v) is 17.3. The summed E-state index contributed by atoms with van der Waals surface area (Å²) < 4.78 is 7.51. The summed E-state index contributed by atoms with van der Waals surface area (Å²) in [4.78, 5) is 23.8. The van der Waals surface area contributed by atoms with Crippen LogP contribution in [0, 0.1) is 6.92 Å². The Morgan fingerprint density at radius 2 is 2.10 bits per heavy atom. The number of hydrogen-bond donors (Lipinski definition) is 1. The van der Waals surface area contributed by atoms with Gasteiger partial charge in [-0.25, -0.2) is 14.8 Å². The molecule has 1 aliphatic heterocycles. The molecule has 2 aromatic heterocycles. The number of benzene rings is 1. The number of urea groups is 1. The number of rotatable bonds is 4. The van der Waals surface area contributed by atoms with E-state index in [-0.39, 0.29) is 12.1 Å². The second-order valence-electron chi connectivity index (χ2n) is 7.28. The summed E-state index contributed by atoms with van der Waals surface area (Å²) in [6.45, 7) is 3.71. The number of halogens is 1. The molecule has 3 aromatic rings. The second kappa shape index (κ2) is 8.39. The smallest absolute Gasteiger partial charge is 0.321 e. The van der Waals surface area contributed by atoms with Crippen LogP contribution in [0.2, 0.25) is 5.02 Å². The molecule has 0 atom stereocenters. The maximum atomic E-state index is 12.7. The third kappa shape index (κ3) is 4.06. The number of nitrogens with zero attached hydrogens (tertiary/aromatic N) is 4. The van der Waals surface area contributed by atoms with Gasteiger partial charge in [-0.2, -0.15) is 0 Å². The number of nitrogens with one attached hydrogen (secondary N) is 1. The van der Waals surface area contributed by atoms with Gasteiger partial charge in [-0.3, -0.25) is 0 Å². The first-order valence-electron chi connectivity index (χ1n) is 9.69. The van der Waals surface area contributed by atoms with Crippen molar-refractivity contribution >= 4 is 34.5 Å². The molecule has 0 bridgehead atoms. The lowest BCUT2D eigenvalue weighted by molar-refractivity contribution is 0.162. The highest BCUT2D eigenvalue weighted by molar-refractivity contribution is 6.31. The number of imidazole rings is 1. The van der Waals surface area contributed by atoms with Crippen LogP contribution in [0.4, 0.5) is 10.5 Å². The summed E-state index contributed by atoms with van der Waals surface area (Å²) in [5.74, 6) is 0.874. The average molecular weight is 414 g/mol. The fourth-order valence-corrected chi connectivity index (χ4v) is 4.01. The van der Waals surface area contributed by atoms with Crippen LogP contribution in [0.1, 0.15) is 30.3 Å². The zero-order valence-electron chi connectivity index (χ0n) is 16.6. The molecule has 0 radical (unpaired) electrons. The Morgan fingerprint density at radius 1 is 1.31 bits per heavy atom. The van der Waals surface area contributed by atoms with Crippen molar-refractivity contribution < 1.29 is 9.53 Å². The zero-order chi connectivity index (χ0) is 20.4. The van der Waals surface area contributed by atoms with Crippen molar-refractivity contribution in [1.82, 2.24) is 19.4 Å². The Bertz CT molecular complexity index is 1030. The molecule has 1 fully saturated rings. The molecule has 1 saturated heterocycles. The molecule has 0 aliphatic carbocycles. The number of piperidine rings is 1. The predicted octanol–water partition coefficient (Wildman–Crippen LogP) is 4.41. The number of aryl methyl sites for hydroxylation is 1. The van der Waals surface area contributed by atoms with Crippen molar-refractivity contribution in [3.05, 3.63) is 52.9 Å². The van der Waals surface area contributed by atoms with Crippen LogP contribution in [-0.4, -0.2) is 45.7 Å². The molecule has 1 N–H and O–H groups in total. The standard InChI is InChI=1S/C21H24ClN5O2/c1-14-5-6-15(22)12-18(14)25-21(28)26-10-7-16(8-11-26)27-19(13-29-2)24-17-4-3-9-23-20(17)27/h3-6,9,12,16H,7-8,10-11,13H2,1-2H3,(H,25,28). The molecule has 29 heavy (non-hydrogen) atoms. The van der Waals surface area contributed by atoms with Gasteiger partial charge < -0.3 is 19.5 Å². The number of fused-ring (bicyclic) bond motifs is 1. The SMILES string of the molecule is COCc1nc2cccnc2n1C1CCN(C(=O)Nc2cc(Cl)ccc2C)CC1. The Morgan fingerprint density at radius 3 is 2.86 bits per heavy atom. The molecule has 3 heterocycles. The Labute approximate surface area is 174 Å². The number of carbonyl (C=O) groups excluding carboxylic acids is 1. The van der Waals surface area contributed by atoms with Gasteiger partial charge in [0.05, 0.1) is 0 Å². The largest absolute Gasteiger partial charge is 0.377 e. The summed E-state index contributed by atoms with van der Waals surface area (Å²) >= 11 is 6.06. The number of carbonyl (C=O) groups is 1. The maximum Gasteiger partial charge on any atom is 0.321 e. The van der Waals surface area contributed by atoms with E-state index in [0.717, 1.165) is 41.1 Å². The van der Waals surface area contributed by atoms with Crippen LogP contribution in [0.15, 0.2) is 36.5 Å². The third-order valence-corrected chi connectivity index (χ3v) is 5.59. The van der Waals surface area contributed by atoms with Crippen LogP contribution in [-0.2, 0) is 11.3 Å². The van der Waals surface area contributed by atoms with E-state index in [1.165, 1.54) is 0 Å². The van der Waals surface area contributed by atoms with E-state index < -0.39 is 0 Å². The van der Waals surface area contributed by atoms with Crippen LogP contribution in [0.3, 0.4) is 0 Å². The van der Waals surface area contributed by atoms with Crippen molar-refractivity contribution in [2.75, 3.05) is 25.5 Å². The quantitative estimate of drug-likeness (QED) is 0.687. The maximum absolute atomic E-state index is 12.7. The molecule has 8 heteroatoms. The van der Waals surface area contributed by atoms with Gasteiger partial charge in [0, 0.05) is 43.1 Å². The molecule has 4 rings (SSSR count). The number of methoxy groups -OCH3 is 1. The van der Waals surface area contributed by atoms with Gasteiger partial charge in [0.15, 0.2) is 5.65 Å². The van der Waals surface area contributed by atoms with E-state index in [1.807, 2.05) is 36.1 Å². The fourth-order valence-electron chi connectivity index (χ4n) is 3.84. The van der Waals surface area contributed by atoms with E-state index >= 15 is 0 Å². The van der Waals surface area contributed by atoms with Crippen molar-refractivity contribution in [2.45, 2.75) is 32.4 Å². The van der Waals surface area contributed by atoms with Crippen LogP contribution in [0.5, 0.6) is 0 Å². The molecule has 1 aliphatic rings. The minimum atomic E-state index is -0.0976. The summed E-state index contributed by atoms with van der Waals surface area (Å²) in [6, 6.07) is 9.49. The minimum Gasteiger partial charge on any atom is -0.377 e. The van der Waals surface area contributed by atoms with E-state index in [1.54, 1.807) is 19.4 Å². The van der Waals surface area contributed by atoms with Crippen molar-refractivity contribution in [2.24, 2.45) is 0 Å². The lowest BCUT2D eigenvalue weighted by Gasteiger charge is -2.33.